The van der Waals surface area contributed by atoms with Gasteiger partial charge in [-0.1, -0.05) is 157 Å². The fourth-order valence-electron chi connectivity index (χ4n) is 3.23. The van der Waals surface area contributed by atoms with Crippen molar-refractivity contribution in [3.05, 3.63) is 83.2 Å². The number of ether oxygens (including phenoxy) is 2. The summed E-state index contributed by atoms with van der Waals surface area (Å²) < 4.78 is 2.95. The van der Waals surface area contributed by atoms with Crippen LogP contribution < -0.4 is 9.47 Å². The molecule has 0 saturated heterocycles. The molecule has 0 saturated carbocycles. The summed E-state index contributed by atoms with van der Waals surface area (Å²) in [6, 6.07) is 14.3. The molecule has 0 aliphatic rings. The Balaban J connectivity index is 0.000000257. The second-order valence-corrected chi connectivity index (χ2v) is 17.8. The van der Waals surface area contributed by atoms with Gasteiger partial charge in [0.05, 0.1) is 13.7 Å². The molecule has 0 N–H and O–H groups in total. The summed E-state index contributed by atoms with van der Waals surface area (Å²) in [6.07, 6.45) is 3.35. The summed E-state index contributed by atoms with van der Waals surface area (Å²) in [4.78, 5) is 24.2. The van der Waals surface area contributed by atoms with Gasteiger partial charge in [-0.25, -0.2) is 29.9 Å². The molecule has 252 valence electrons. The van der Waals surface area contributed by atoms with Crippen molar-refractivity contribution in [1.82, 2.24) is 29.9 Å². The summed E-state index contributed by atoms with van der Waals surface area (Å²) >= 11 is 69.9. The number of nitrogens with zero attached hydrogens (tertiary/aromatic N) is 6. The molecule has 2 heterocycles. The summed E-state index contributed by atoms with van der Waals surface area (Å²) in [5.41, 5.74) is 1.50. The highest BCUT2D eigenvalue weighted by atomic mass is 35.6. The third-order valence-corrected chi connectivity index (χ3v) is 7.29. The SMILES string of the molecule is CCOc1ccc(C=Cc2nc(C(Cl)(Cl)Cl)nc(C(Cl)(Cl)Cl)n2)cc1.COc1ccc(-c2nc(C(Cl)(Cl)Cl)nc(C(Cl)(Cl)Cl)n2)cc1. The molecule has 0 atom stereocenters. The summed E-state index contributed by atoms with van der Waals surface area (Å²) in [5, 5.41) is 0. The van der Waals surface area contributed by atoms with Crippen LogP contribution in [-0.2, 0) is 15.2 Å². The number of rotatable bonds is 6. The van der Waals surface area contributed by atoms with Gasteiger partial charge in [-0.2, -0.15) is 0 Å². The molecule has 0 fully saturated rings. The first-order valence-electron chi connectivity index (χ1n) is 12.6. The quantitative estimate of drug-likeness (QED) is 0.177. The standard InChI is InChI=1S/C15H11Cl6N3O.C12H7Cl6N3O/c1-2-25-10-6-3-9(4-7-10)5-8-11-22-12(14(16,17)18)24-13(23-11)15(19,20)21;1-22-7-4-2-6(3-5-7)8-19-9(11(13,14)15)21-10(20-8)12(16,17)18/h3-8H,2H2,1H3;2-5H,1H3. The Kier molecular flexibility index (Phi) is 14.7. The number of alkyl halides is 12. The van der Waals surface area contributed by atoms with E-state index in [1.54, 1.807) is 43.5 Å². The maximum absolute atomic E-state index is 5.83. The van der Waals surface area contributed by atoms with Gasteiger partial charge in [-0.15, -0.1) is 0 Å². The zero-order chi connectivity index (χ0) is 35.2. The highest BCUT2D eigenvalue weighted by Crippen LogP contribution is 2.41. The molecule has 8 nitrogen and oxygen atoms in total. The molecule has 2 aromatic carbocycles. The van der Waals surface area contributed by atoms with Crippen LogP contribution in [0.3, 0.4) is 0 Å². The summed E-state index contributed by atoms with van der Waals surface area (Å²) in [6.45, 7) is 2.51. The maximum Gasteiger partial charge on any atom is 0.250 e. The van der Waals surface area contributed by atoms with Crippen LogP contribution >= 0.6 is 139 Å². The Morgan fingerprint density at radius 1 is 0.532 bits per heavy atom. The Hall–Kier alpha value is -0.720. The van der Waals surface area contributed by atoms with Crippen LogP contribution in [0.1, 0.15) is 41.6 Å². The molecule has 4 rings (SSSR count). The van der Waals surface area contributed by atoms with Crippen LogP contribution in [0.15, 0.2) is 48.5 Å². The Morgan fingerprint density at radius 3 is 1.32 bits per heavy atom. The van der Waals surface area contributed by atoms with Crippen molar-refractivity contribution in [3.8, 4) is 22.9 Å². The van der Waals surface area contributed by atoms with Crippen molar-refractivity contribution in [3.63, 3.8) is 0 Å². The molecular formula is C27H18Cl12N6O2. The predicted octanol–water partition coefficient (Wildman–Crippen LogP) is 11.3. The van der Waals surface area contributed by atoms with Crippen molar-refractivity contribution in [1.29, 1.82) is 0 Å². The van der Waals surface area contributed by atoms with Crippen LogP contribution in [0, 0.1) is 0 Å². The average molecular weight is 884 g/mol. The lowest BCUT2D eigenvalue weighted by molar-refractivity contribution is 0.340. The first kappa shape index (κ1) is 40.7. The molecular weight excluding hydrogens is 866 g/mol. The van der Waals surface area contributed by atoms with E-state index in [0.717, 1.165) is 11.3 Å². The van der Waals surface area contributed by atoms with Crippen molar-refractivity contribution in [2.24, 2.45) is 0 Å². The largest absolute Gasteiger partial charge is 0.497 e. The van der Waals surface area contributed by atoms with E-state index in [-0.39, 0.29) is 34.9 Å². The van der Waals surface area contributed by atoms with E-state index < -0.39 is 15.2 Å². The van der Waals surface area contributed by atoms with Crippen LogP contribution in [0.2, 0.25) is 0 Å². The number of methoxy groups -OCH3 is 1. The molecule has 0 aliphatic carbocycles. The van der Waals surface area contributed by atoms with Crippen LogP contribution in [0.4, 0.5) is 0 Å². The molecule has 0 spiro atoms. The van der Waals surface area contributed by atoms with Gasteiger partial charge in [-0.3, -0.25) is 0 Å². The lowest BCUT2D eigenvalue weighted by atomic mass is 10.2. The Morgan fingerprint density at radius 2 is 0.936 bits per heavy atom. The van der Waals surface area contributed by atoms with E-state index in [9.17, 15) is 0 Å². The first-order valence-corrected chi connectivity index (χ1v) is 17.1. The molecule has 0 aliphatic heterocycles. The highest BCUT2D eigenvalue weighted by molar-refractivity contribution is 6.68. The van der Waals surface area contributed by atoms with Crippen LogP contribution in [0.5, 0.6) is 11.5 Å². The first-order chi connectivity index (χ1) is 21.7. The number of hydrogen-bond acceptors (Lipinski definition) is 8. The minimum absolute atomic E-state index is 0.139. The van der Waals surface area contributed by atoms with Crippen molar-refractivity contribution in [2.75, 3.05) is 13.7 Å². The van der Waals surface area contributed by atoms with E-state index in [1.807, 2.05) is 31.2 Å². The molecule has 2 aromatic heterocycles. The fraction of sp³-hybridized carbons (Fsp3) is 0.259. The van der Waals surface area contributed by atoms with E-state index >= 15 is 0 Å². The lowest BCUT2D eigenvalue weighted by Gasteiger charge is -2.15. The third-order valence-electron chi connectivity index (χ3n) is 5.27. The Bertz CT molecular complexity index is 1600. The minimum Gasteiger partial charge on any atom is -0.497 e. The maximum atomic E-state index is 5.83. The van der Waals surface area contributed by atoms with Gasteiger partial charge in [0, 0.05) is 5.56 Å². The van der Waals surface area contributed by atoms with Gasteiger partial charge in [0.25, 0.3) is 0 Å². The third kappa shape index (κ3) is 12.8. The molecule has 0 unspecified atom stereocenters. The van der Waals surface area contributed by atoms with Crippen molar-refractivity contribution >= 4 is 151 Å². The van der Waals surface area contributed by atoms with Gasteiger partial charge in [0.2, 0.25) is 15.2 Å². The zero-order valence-electron chi connectivity index (χ0n) is 23.5. The number of benzene rings is 2. The van der Waals surface area contributed by atoms with Gasteiger partial charge < -0.3 is 9.47 Å². The molecule has 0 bridgehead atoms. The normalized spacial score (nSPS) is 12.5. The summed E-state index contributed by atoms with van der Waals surface area (Å²) in [7, 11) is 1.56. The number of aromatic nitrogens is 6. The molecule has 47 heavy (non-hydrogen) atoms. The molecule has 0 amide bonds. The van der Waals surface area contributed by atoms with Crippen LogP contribution in [-0.4, -0.2) is 43.6 Å². The lowest BCUT2D eigenvalue weighted by Crippen LogP contribution is -2.16. The average Bonchev–Trinajstić information content (AvgIpc) is 2.99. The van der Waals surface area contributed by atoms with E-state index in [1.165, 1.54) is 0 Å². The van der Waals surface area contributed by atoms with Gasteiger partial charge in [0.1, 0.15) is 11.5 Å². The second-order valence-electron chi connectivity index (χ2n) is 8.70. The fourth-order valence-corrected chi connectivity index (χ4v) is 4.25. The smallest absolute Gasteiger partial charge is 0.250 e. The van der Waals surface area contributed by atoms with E-state index in [4.69, 9.17) is 149 Å². The van der Waals surface area contributed by atoms with Crippen molar-refractivity contribution < 1.29 is 9.47 Å². The van der Waals surface area contributed by atoms with Crippen molar-refractivity contribution in [2.45, 2.75) is 22.1 Å². The topological polar surface area (TPSA) is 95.8 Å². The monoisotopic (exact) mass is 878 g/mol. The van der Waals surface area contributed by atoms with E-state index in [2.05, 4.69) is 29.9 Å². The summed E-state index contributed by atoms with van der Waals surface area (Å²) in [5.74, 6) is 1.28. The number of halogens is 12. The number of hydrogen-bond donors (Lipinski definition) is 0. The molecule has 4 aromatic rings. The predicted molar refractivity (Wildman–Crippen MR) is 195 cm³/mol. The molecule has 20 heteroatoms. The van der Waals surface area contributed by atoms with Gasteiger partial charge >= 0.3 is 0 Å². The zero-order valence-corrected chi connectivity index (χ0v) is 32.6. The van der Waals surface area contributed by atoms with E-state index in [0.29, 0.717) is 17.9 Å². The Labute approximate surface area is 329 Å². The van der Waals surface area contributed by atoms with Gasteiger partial charge in [-0.05, 0) is 55.0 Å². The van der Waals surface area contributed by atoms with Crippen LogP contribution in [0.25, 0.3) is 23.5 Å². The second kappa shape index (κ2) is 17.0. The molecule has 0 radical (unpaired) electrons. The van der Waals surface area contributed by atoms with Gasteiger partial charge in [0.15, 0.2) is 34.9 Å². The highest BCUT2D eigenvalue weighted by Gasteiger charge is 2.35. The minimum atomic E-state index is -1.88.